The lowest BCUT2D eigenvalue weighted by molar-refractivity contribution is 0.255. The average molecular weight is 270 g/mol. The van der Waals surface area contributed by atoms with E-state index in [1.807, 2.05) is 7.05 Å². The number of hydrogen-bond acceptors (Lipinski definition) is 2. The molecule has 1 atom stereocenters. The van der Waals surface area contributed by atoms with Gasteiger partial charge in [0.2, 0.25) is 0 Å². The molecule has 4 heteroatoms. The quantitative estimate of drug-likeness (QED) is 0.364. The van der Waals surface area contributed by atoms with Gasteiger partial charge in [0.05, 0.1) is 0 Å². The minimum Gasteiger partial charge on any atom is -0.356 e. The molecule has 0 bridgehead atoms. The molecule has 0 aromatic carbocycles. The average Bonchev–Trinajstić information content (AvgIpc) is 2.43. The summed E-state index contributed by atoms with van der Waals surface area (Å²) < 4.78 is 0. The summed E-state index contributed by atoms with van der Waals surface area (Å²) >= 11 is 0. The number of nitrogens with zero attached hydrogens (tertiary/aromatic N) is 2. The van der Waals surface area contributed by atoms with Crippen molar-refractivity contribution in [3.63, 3.8) is 0 Å². The van der Waals surface area contributed by atoms with Gasteiger partial charge in [-0.15, -0.1) is 0 Å². The van der Waals surface area contributed by atoms with E-state index in [1.54, 1.807) is 0 Å². The molecule has 1 unspecified atom stereocenters. The second kappa shape index (κ2) is 12.3. The van der Waals surface area contributed by atoms with E-state index >= 15 is 0 Å². The van der Waals surface area contributed by atoms with E-state index in [2.05, 4.69) is 48.3 Å². The summed E-state index contributed by atoms with van der Waals surface area (Å²) in [7, 11) is 4.01. The Hall–Kier alpha value is -0.770. The van der Waals surface area contributed by atoms with Crippen molar-refractivity contribution >= 4 is 5.96 Å². The van der Waals surface area contributed by atoms with Crippen molar-refractivity contribution in [3.05, 3.63) is 0 Å². The predicted molar refractivity (Wildman–Crippen MR) is 85.9 cm³/mol. The lowest BCUT2D eigenvalue weighted by Gasteiger charge is -2.23. The van der Waals surface area contributed by atoms with Crippen LogP contribution in [0.25, 0.3) is 0 Å². The van der Waals surface area contributed by atoms with Gasteiger partial charge < -0.3 is 15.5 Å². The zero-order valence-corrected chi connectivity index (χ0v) is 13.6. The number of hydrogen-bond donors (Lipinski definition) is 2. The molecule has 2 N–H and O–H groups in total. The molecule has 0 aromatic heterocycles. The minimum absolute atomic E-state index is 0.644. The van der Waals surface area contributed by atoms with Crippen LogP contribution in [0.4, 0.5) is 0 Å². The SMILES string of the molecule is CCCCCCNC(=NC)NCCN(C)C(C)CC. The summed E-state index contributed by atoms with van der Waals surface area (Å²) in [5.41, 5.74) is 0. The number of aliphatic imine (C=N–C) groups is 1. The zero-order valence-electron chi connectivity index (χ0n) is 13.6. The van der Waals surface area contributed by atoms with Gasteiger partial charge in [-0.2, -0.15) is 0 Å². The second-order valence-electron chi connectivity index (χ2n) is 5.22. The topological polar surface area (TPSA) is 39.7 Å². The molecule has 0 spiro atoms. The van der Waals surface area contributed by atoms with Crippen LogP contribution in [0, 0.1) is 0 Å². The van der Waals surface area contributed by atoms with Crippen LogP contribution in [-0.2, 0) is 0 Å². The molecule has 0 aliphatic heterocycles. The highest BCUT2D eigenvalue weighted by Crippen LogP contribution is 1.98. The van der Waals surface area contributed by atoms with E-state index < -0.39 is 0 Å². The largest absolute Gasteiger partial charge is 0.356 e. The van der Waals surface area contributed by atoms with Gasteiger partial charge in [-0.05, 0) is 26.8 Å². The van der Waals surface area contributed by atoms with Crippen LogP contribution in [0.3, 0.4) is 0 Å². The summed E-state index contributed by atoms with van der Waals surface area (Å²) in [5.74, 6) is 0.925. The van der Waals surface area contributed by atoms with Gasteiger partial charge in [0.25, 0.3) is 0 Å². The van der Waals surface area contributed by atoms with Crippen molar-refractivity contribution < 1.29 is 0 Å². The van der Waals surface area contributed by atoms with Gasteiger partial charge in [0.15, 0.2) is 5.96 Å². The molecule has 0 aliphatic rings. The lowest BCUT2D eigenvalue weighted by atomic mass is 10.2. The number of rotatable bonds is 10. The van der Waals surface area contributed by atoms with Crippen LogP contribution in [0.15, 0.2) is 4.99 Å². The maximum Gasteiger partial charge on any atom is 0.191 e. The number of guanidine groups is 1. The number of nitrogens with one attached hydrogen (secondary N) is 2. The smallest absolute Gasteiger partial charge is 0.191 e. The predicted octanol–water partition coefficient (Wildman–Crippen LogP) is 2.46. The normalized spacial score (nSPS) is 13.7. The molecule has 0 aromatic rings. The van der Waals surface area contributed by atoms with E-state index in [-0.39, 0.29) is 0 Å². The highest BCUT2D eigenvalue weighted by Gasteiger charge is 2.05. The standard InChI is InChI=1S/C15H34N4/c1-6-8-9-10-11-17-15(16-4)18-12-13-19(5)14(3)7-2/h14H,6-13H2,1-5H3,(H2,16,17,18). The van der Waals surface area contributed by atoms with Crippen LogP contribution in [-0.4, -0.2) is 50.6 Å². The van der Waals surface area contributed by atoms with E-state index in [0.29, 0.717) is 6.04 Å². The molecule has 0 aliphatic carbocycles. The Labute approximate surface area is 120 Å². The van der Waals surface area contributed by atoms with Crippen molar-refractivity contribution in [2.75, 3.05) is 33.7 Å². The Kier molecular flexibility index (Phi) is 11.8. The fraction of sp³-hybridized carbons (Fsp3) is 0.933. The van der Waals surface area contributed by atoms with Gasteiger partial charge in [0.1, 0.15) is 0 Å². The van der Waals surface area contributed by atoms with Gasteiger partial charge >= 0.3 is 0 Å². The van der Waals surface area contributed by atoms with Crippen LogP contribution >= 0.6 is 0 Å². The van der Waals surface area contributed by atoms with Gasteiger partial charge in [0, 0.05) is 32.7 Å². The van der Waals surface area contributed by atoms with E-state index in [0.717, 1.165) is 25.6 Å². The first-order valence-corrected chi connectivity index (χ1v) is 7.80. The van der Waals surface area contributed by atoms with Crippen molar-refractivity contribution in [1.29, 1.82) is 0 Å². The first-order chi connectivity index (χ1) is 9.15. The molecule has 0 fully saturated rings. The molecule has 0 amide bonds. The summed E-state index contributed by atoms with van der Waals surface area (Å²) in [6, 6.07) is 0.644. The Morgan fingerprint density at radius 3 is 2.37 bits per heavy atom. The highest BCUT2D eigenvalue weighted by molar-refractivity contribution is 5.79. The van der Waals surface area contributed by atoms with Crippen molar-refractivity contribution in [2.45, 2.75) is 58.9 Å². The number of likely N-dealkylation sites (N-methyl/N-ethyl adjacent to an activating group) is 1. The van der Waals surface area contributed by atoms with Crippen molar-refractivity contribution in [3.8, 4) is 0 Å². The Morgan fingerprint density at radius 2 is 1.79 bits per heavy atom. The molecule has 0 heterocycles. The summed E-state index contributed by atoms with van der Waals surface area (Å²) in [6.07, 6.45) is 6.34. The van der Waals surface area contributed by atoms with Gasteiger partial charge in [-0.1, -0.05) is 33.1 Å². The Morgan fingerprint density at radius 1 is 1.11 bits per heavy atom. The molecule has 4 nitrogen and oxygen atoms in total. The minimum atomic E-state index is 0.644. The molecular formula is C15H34N4. The molecule has 0 saturated carbocycles. The van der Waals surface area contributed by atoms with E-state index in [4.69, 9.17) is 0 Å². The lowest BCUT2D eigenvalue weighted by Crippen LogP contribution is -2.42. The van der Waals surface area contributed by atoms with Crippen LogP contribution < -0.4 is 10.6 Å². The van der Waals surface area contributed by atoms with Crippen LogP contribution in [0.2, 0.25) is 0 Å². The zero-order chi connectivity index (χ0) is 14.5. The molecule has 19 heavy (non-hydrogen) atoms. The maximum absolute atomic E-state index is 4.24. The first kappa shape index (κ1) is 18.2. The summed E-state index contributed by atoms with van der Waals surface area (Å²) in [6.45, 7) is 9.73. The van der Waals surface area contributed by atoms with Crippen molar-refractivity contribution in [1.82, 2.24) is 15.5 Å². The number of unbranched alkanes of at least 4 members (excludes halogenated alkanes) is 3. The fourth-order valence-corrected chi connectivity index (χ4v) is 1.86. The van der Waals surface area contributed by atoms with Crippen LogP contribution in [0.5, 0.6) is 0 Å². The van der Waals surface area contributed by atoms with Crippen molar-refractivity contribution in [2.24, 2.45) is 4.99 Å². The molecule has 0 saturated heterocycles. The third-order valence-corrected chi connectivity index (χ3v) is 3.65. The highest BCUT2D eigenvalue weighted by atomic mass is 15.2. The summed E-state index contributed by atoms with van der Waals surface area (Å²) in [4.78, 5) is 6.62. The Bertz CT molecular complexity index is 228. The molecule has 0 rings (SSSR count). The summed E-state index contributed by atoms with van der Waals surface area (Å²) in [5, 5.41) is 6.73. The van der Waals surface area contributed by atoms with E-state index in [1.165, 1.54) is 32.1 Å². The monoisotopic (exact) mass is 270 g/mol. The van der Waals surface area contributed by atoms with E-state index in [9.17, 15) is 0 Å². The first-order valence-electron chi connectivity index (χ1n) is 7.80. The van der Waals surface area contributed by atoms with Gasteiger partial charge in [-0.3, -0.25) is 4.99 Å². The molecule has 114 valence electrons. The van der Waals surface area contributed by atoms with Crippen LogP contribution in [0.1, 0.15) is 52.9 Å². The fourth-order valence-electron chi connectivity index (χ4n) is 1.86. The van der Waals surface area contributed by atoms with Gasteiger partial charge in [-0.25, -0.2) is 0 Å². The maximum atomic E-state index is 4.24. The third-order valence-electron chi connectivity index (χ3n) is 3.65. The third kappa shape index (κ3) is 9.77. The Balaban J connectivity index is 3.65. The second-order valence-corrected chi connectivity index (χ2v) is 5.22. The molecule has 0 radical (unpaired) electrons. The molecular weight excluding hydrogens is 236 g/mol.